The SMILES string of the molecule is CCCCCOc1ccc(COc2ccc(C3=CCC(c4ccc(C)c(F)c4F)CC3)c(F)c2F)c(F)c1F. The largest absolute Gasteiger partial charge is 0.490 e. The van der Waals surface area contributed by atoms with Gasteiger partial charge in [0.1, 0.15) is 6.61 Å². The van der Waals surface area contributed by atoms with Crippen LogP contribution in [0.1, 0.15) is 73.6 Å². The van der Waals surface area contributed by atoms with Gasteiger partial charge in [0.15, 0.2) is 34.8 Å². The molecule has 208 valence electrons. The minimum Gasteiger partial charge on any atom is -0.490 e. The Morgan fingerprint density at radius 3 is 2.18 bits per heavy atom. The average molecular weight is 549 g/mol. The molecule has 0 amide bonds. The van der Waals surface area contributed by atoms with E-state index in [0.29, 0.717) is 31.3 Å². The number of allylic oxidation sites excluding steroid dienone is 2. The molecule has 0 bridgehead atoms. The van der Waals surface area contributed by atoms with Gasteiger partial charge in [0.25, 0.3) is 0 Å². The van der Waals surface area contributed by atoms with Crippen LogP contribution in [0.15, 0.2) is 42.5 Å². The van der Waals surface area contributed by atoms with E-state index in [2.05, 4.69) is 0 Å². The van der Waals surface area contributed by atoms with Gasteiger partial charge in [-0.05, 0) is 79.5 Å². The van der Waals surface area contributed by atoms with Crippen LogP contribution in [-0.2, 0) is 6.61 Å². The number of aryl methyl sites for hydroxylation is 1. The molecule has 39 heavy (non-hydrogen) atoms. The Hall–Kier alpha value is -3.42. The summed E-state index contributed by atoms with van der Waals surface area (Å²) in [5, 5.41) is 0. The van der Waals surface area contributed by atoms with Crippen LogP contribution in [0.4, 0.5) is 26.3 Å². The molecule has 0 radical (unpaired) electrons. The molecule has 0 heterocycles. The molecule has 1 aliphatic carbocycles. The first-order chi connectivity index (χ1) is 18.7. The van der Waals surface area contributed by atoms with Crippen molar-refractivity contribution in [1.82, 2.24) is 0 Å². The predicted octanol–water partition coefficient (Wildman–Crippen LogP) is 9.33. The molecule has 0 N–H and O–H groups in total. The third-order valence-corrected chi connectivity index (χ3v) is 7.06. The molecule has 1 atom stereocenters. The highest BCUT2D eigenvalue weighted by atomic mass is 19.2. The monoisotopic (exact) mass is 548 g/mol. The van der Waals surface area contributed by atoms with Crippen molar-refractivity contribution in [3.63, 3.8) is 0 Å². The van der Waals surface area contributed by atoms with Crippen molar-refractivity contribution in [3.05, 3.63) is 99.6 Å². The van der Waals surface area contributed by atoms with Gasteiger partial charge in [0.2, 0.25) is 11.6 Å². The van der Waals surface area contributed by atoms with Gasteiger partial charge in [-0.25, -0.2) is 17.6 Å². The summed E-state index contributed by atoms with van der Waals surface area (Å²) < 4.78 is 97.6. The Kier molecular flexibility index (Phi) is 9.25. The van der Waals surface area contributed by atoms with Crippen LogP contribution in [0.3, 0.4) is 0 Å². The lowest BCUT2D eigenvalue weighted by Crippen LogP contribution is -2.09. The molecule has 1 unspecified atom stereocenters. The first kappa shape index (κ1) is 28.6. The molecule has 1 aliphatic rings. The lowest BCUT2D eigenvalue weighted by atomic mass is 9.82. The maximum atomic E-state index is 15.0. The van der Waals surface area contributed by atoms with Crippen LogP contribution >= 0.6 is 0 Å². The molecule has 0 aliphatic heterocycles. The van der Waals surface area contributed by atoms with Crippen LogP contribution in [-0.4, -0.2) is 6.61 Å². The Labute approximate surface area is 224 Å². The van der Waals surface area contributed by atoms with Gasteiger partial charge in [-0.3, -0.25) is 0 Å². The summed E-state index contributed by atoms with van der Waals surface area (Å²) in [6.45, 7) is 3.24. The Bertz CT molecular complexity index is 1370. The van der Waals surface area contributed by atoms with E-state index in [1.54, 1.807) is 12.1 Å². The molecule has 0 spiro atoms. The molecule has 3 aromatic rings. The summed E-state index contributed by atoms with van der Waals surface area (Å²) >= 11 is 0. The van der Waals surface area contributed by atoms with Crippen molar-refractivity contribution in [2.45, 2.75) is 64.9 Å². The summed E-state index contributed by atoms with van der Waals surface area (Å²) in [6, 6.07) is 8.24. The van der Waals surface area contributed by atoms with Crippen LogP contribution in [0.2, 0.25) is 0 Å². The third kappa shape index (κ3) is 6.26. The summed E-state index contributed by atoms with van der Waals surface area (Å²) in [4.78, 5) is 0. The van der Waals surface area contributed by atoms with E-state index >= 15 is 0 Å². The molecule has 0 saturated heterocycles. The normalized spacial score (nSPS) is 15.3. The van der Waals surface area contributed by atoms with Gasteiger partial charge in [0.05, 0.1) is 6.61 Å². The highest BCUT2D eigenvalue weighted by molar-refractivity contribution is 5.68. The Balaban J connectivity index is 1.43. The minimum absolute atomic E-state index is 0.0376. The standard InChI is InChI=1S/C31H30F6O2/c1-3-4-5-16-38-24-14-11-21(27(33)30(24)36)17-39-25-15-13-23(29(35)31(25)37)20-9-7-19(8-10-20)22-12-6-18(2)26(32)28(22)34/h6,9,11-15,19H,3-5,7-8,10,16-17H2,1-2H3. The fourth-order valence-electron chi connectivity index (χ4n) is 4.71. The molecular weight excluding hydrogens is 518 g/mol. The molecule has 3 aromatic carbocycles. The van der Waals surface area contributed by atoms with Gasteiger partial charge in [-0.1, -0.05) is 38.0 Å². The zero-order valence-electron chi connectivity index (χ0n) is 21.9. The van der Waals surface area contributed by atoms with Crippen molar-refractivity contribution in [3.8, 4) is 11.5 Å². The van der Waals surface area contributed by atoms with E-state index < -0.39 is 47.3 Å². The molecule has 4 rings (SSSR count). The second-order valence-corrected chi connectivity index (χ2v) is 9.73. The summed E-state index contributed by atoms with van der Waals surface area (Å²) in [5.74, 6) is -7.40. The van der Waals surface area contributed by atoms with E-state index in [1.165, 1.54) is 37.3 Å². The third-order valence-electron chi connectivity index (χ3n) is 7.06. The second kappa shape index (κ2) is 12.6. The summed E-state index contributed by atoms with van der Waals surface area (Å²) in [6.07, 6.45) is 5.41. The molecule has 0 saturated carbocycles. The summed E-state index contributed by atoms with van der Waals surface area (Å²) in [7, 11) is 0. The smallest absolute Gasteiger partial charge is 0.201 e. The zero-order valence-corrected chi connectivity index (χ0v) is 21.9. The molecule has 8 heteroatoms. The second-order valence-electron chi connectivity index (χ2n) is 9.73. The van der Waals surface area contributed by atoms with E-state index in [1.807, 2.05) is 6.92 Å². The fraction of sp³-hybridized carbons (Fsp3) is 0.355. The van der Waals surface area contributed by atoms with Gasteiger partial charge in [-0.2, -0.15) is 8.78 Å². The van der Waals surface area contributed by atoms with Gasteiger partial charge < -0.3 is 9.47 Å². The maximum absolute atomic E-state index is 15.0. The topological polar surface area (TPSA) is 18.5 Å². The highest BCUT2D eigenvalue weighted by Crippen LogP contribution is 2.39. The van der Waals surface area contributed by atoms with Crippen molar-refractivity contribution in [1.29, 1.82) is 0 Å². The molecular formula is C31H30F6O2. The predicted molar refractivity (Wildman–Crippen MR) is 138 cm³/mol. The first-order valence-corrected chi connectivity index (χ1v) is 13.1. The van der Waals surface area contributed by atoms with Crippen molar-refractivity contribution >= 4 is 5.57 Å². The number of rotatable bonds is 10. The maximum Gasteiger partial charge on any atom is 0.201 e. The zero-order chi connectivity index (χ0) is 28.1. The van der Waals surface area contributed by atoms with Gasteiger partial charge in [-0.15, -0.1) is 0 Å². The summed E-state index contributed by atoms with van der Waals surface area (Å²) in [5.41, 5.74) is 0.905. The number of benzene rings is 3. The fourth-order valence-corrected chi connectivity index (χ4v) is 4.71. The number of hydrogen-bond donors (Lipinski definition) is 0. The molecule has 0 fully saturated rings. The Morgan fingerprint density at radius 2 is 1.46 bits per heavy atom. The van der Waals surface area contributed by atoms with Crippen molar-refractivity contribution in [2.24, 2.45) is 0 Å². The Morgan fingerprint density at radius 1 is 0.744 bits per heavy atom. The minimum atomic E-state index is -1.25. The lowest BCUT2D eigenvalue weighted by molar-refractivity contribution is 0.269. The molecule has 0 aromatic heterocycles. The lowest BCUT2D eigenvalue weighted by Gasteiger charge is -2.24. The van der Waals surface area contributed by atoms with Gasteiger partial charge in [0, 0.05) is 11.1 Å². The highest BCUT2D eigenvalue weighted by Gasteiger charge is 2.25. The quantitative estimate of drug-likeness (QED) is 0.186. The van der Waals surface area contributed by atoms with Gasteiger partial charge >= 0.3 is 0 Å². The van der Waals surface area contributed by atoms with Crippen molar-refractivity contribution in [2.75, 3.05) is 6.61 Å². The number of hydrogen-bond acceptors (Lipinski definition) is 2. The first-order valence-electron chi connectivity index (χ1n) is 13.1. The van der Waals surface area contributed by atoms with E-state index in [4.69, 9.17) is 9.47 Å². The number of halogens is 6. The van der Waals surface area contributed by atoms with Crippen LogP contribution in [0.5, 0.6) is 11.5 Å². The average Bonchev–Trinajstić information content (AvgIpc) is 2.94. The van der Waals surface area contributed by atoms with Crippen molar-refractivity contribution < 1.29 is 35.8 Å². The van der Waals surface area contributed by atoms with Crippen LogP contribution < -0.4 is 9.47 Å². The van der Waals surface area contributed by atoms with E-state index in [0.717, 1.165) is 12.8 Å². The number of unbranched alkanes of at least 4 members (excludes halogenated alkanes) is 2. The van der Waals surface area contributed by atoms with Crippen LogP contribution in [0.25, 0.3) is 5.57 Å². The van der Waals surface area contributed by atoms with Crippen LogP contribution in [0, 0.1) is 41.8 Å². The van der Waals surface area contributed by atoms with E-state index in [-0.39, 0.29) is 40.5 Å². The number of ether oxygens (including phenoxy) is 2. The molecule has 2 nitrogen and oxygen atoms in total. The van der Waals surface area contributed by atoms with E-state index in [9.17, 15) is 26.3 Å².